The van der Waals surface area contributed by atoms with E-state index in [9.17, 15) is 4.79 Å². The molecule has 0 saturated heterocycles. The second-order valence-electron chi connectivity index (χ2n) is 6.52. The Bertz CT molecular complexity index is 757. The van der Waals surface area contributed by atoms with Gasteiger partial charge < -0.3 is 19.5 Å². The number of nitrogens with zero attached hydrogens (tertiary/aromatic N) is 1. The fourth-order valence-corrected chi connectivity index (χ4v) is 2.75. The molecule has 0 spiro atoms. The van der Waals surface area contributed by atoms with E-state index in [-0.39, 0.29) is 12.5 Å². The third kappa shape index (κ3) is 6.49. The lowest BCUT2D eigenvalue weighted by Crippen LogP contribution is -2.33. The van der Waals surface area contributed by atoms with Crippen LogP contribution in [0.5, 0.6) is 17.2 Å². The normalized spacial score (nSPS) is 10.6. The number of methoxy groups -OCH3 is 2. The lowest BCUT2D eigenvalue weighted by molar-refractivity contribution is -0.117. The van der Waals surface area contributed by atoms with Crippen LogP contribution in [0.25, 0.3) is 0 Å². The van der Waals surface area contributed by atoms with Crippen molar-refractivity contribution in [2.45, 2.75) is 13.8 Å². The van der Waals surface area contributed by atoms with Crippen LogP contribution >= 0.6 is 0 Å². The predicted molar refractivity (Wildman–Crippen MR) is 107 cm³/mol. The molecule has 0 heterocycles. The minimum atomic E-state index is -0.118. The Morgan fingerprint density at radius 3 is 2.33 bits per heavy atom. The monoisotopic (exact) mass is 372 g/mol. The van der Waals surface area contributed by atoms with Gasteiger partial charge in [-0.2, -0.15) is 0 Å². The molecule has 2 aromatic rings. The smallest absolute Gasteiger partial charge is 0.238 e. The number of hydrogen-bond donors (Lipinski definition) is 1. The highest BCUT2D eigenvalue weighted by Crippen LogP contribution is 2.28. The summed E-state index contributed by atoms with van der Waals surface area (Å²) in [5, 5.41) is 2.86. The molecular weight excluding hydrogens is 344 g/mol. The van der Waals surface area contributed by atoms with Crippen LogP contribution in [0.4, 0.5) is 5.69 Å². The quantitative estimate of drug-likeness (QED) is 0.732. The molecule has 0 saturated carbocycles. The summed E-state index contributed by atoms with van der Waals surface area (Å²) in [6.45, 7) is 5.50. The van der Waals surface area contributed by atoms with Gasteiger partial charge in [0.2, 0.25) is 5.91 Å². The maximum Gasteiger partial charge on any atom is 0.238 e. The number of aryl methyl sites for hydroxylation is 2. The van der Waals surface area contributed by atoms with Gasteiger partial charge >= 0.3 is 0 Å². The first kappa shape index (κ1) is 20.6. The van der Waals surface area contributed by atoms with E-state index in [1.807, 2.05) is 37.9 Å². The molecule has 2 aromatic carbocycles. The summed E-state index contributed by atoms with van der Waals surface area (Å²) in [5.74, 6) is 1.97. The molecular formula is C21H28N2O4. The van der Waals surface area contributed by atoms with Gasteiger partial charge in [0.05, 0.1) is 26.5 Å². The number of carbonyl (C=O) groups is 1. The third-order valence-electron chi connectivity index (χ3n) is 4.03. The van der Waals surface area contributed by atoms with Crippen molar-refractivity contribution >= 4 is 11.6 Å². The van der Waals surface area contributed by atoms with E-state index in [0.717, 1.165) is 5.75 Å². The first-order valence-corrected chi connectivity index (χ1v) is 8.82. The van der Waals surface area contributed by atoms with Crippen LogP contribution < -0.4 is 19.5 Å². The van der Waals surface area contributed by atoms with E-state index >= 15 is 0 Å². The summed E-state index contributed by atoms with van der Waals surface area (Å²) in [4.78, 5) is 14.2. The van der Waals surface area contributed by atoms with Crippen molar-refractivity contribution in [2.75, 3.05) is 46.3 Å². The van der Waals surface area contributed by atoms with Crippen LogP contribution in [0, 0.1) is 13.8 Å². The molecule has 2 rings (SSSR count). The fraction of sp³-hybridized carbons (Fsp3) is 0.381. The summed E-state index contributed by atoms with van der Waals surface area (Å²) in [6.07, 6.45) is 0. The van der Waals surface area contributed by atoms with Crippen LogP contribution in [0.3, 0.4) is 0 Å². The maximum absolute atomic E-state index is 12.3. The van der Waals surface area contributed by atoms with E-state index in [4.69, 9.17) is 14.2 Å². The lowest BCUT2D eigenvalue weighted by Gasteiger charge is -2.18. The Balaban J connectivity index is 1.81. The highest BCUT2D eigenvalue weighted by molar-refractivity contribution is 5.93. The predicted octanol–water partition coefficient (Wildman–Crippen LogP) is 3.27. The number of ether oxygens (including phenoxy) is 3. The van der Waals surface area contributed by atoms with Crippen LogP contribution in [0.15, 0.2) is 36.4 Å². The molecule has 0 fully saturated rings. The lowest BCUT2D eigenvalue weighted by atomic mass is 10.1. The largest absolute Gasteiger partial charge is 0.497 e. The molecule has 1 amide bonds. The fourth-order valence-electron chi connectivity index (χ4n) is 2.75. The Hall–Kier alpha value is -2.73. The van der Waals surface area contributed by atoms with Crippen LogP contribution in [-0.2, 0) is 4.79 Å². The number of anilines is 1. The van der Waals surface area contributed by atoms with Gasteiger partial charge in [-0.05, 0) is 56.3 Å². The number of amides is 1. The van der Waals surface area contributed by atoms with Crippen molar-refractivity contribution in [2.24, 2.45) is 0 Å². The Morgan fingerprint density at radius 1 is 1.00 bits per heavy atom. The number of rotatable bonds is 9. The second-order valence-corrected chi connectivity index (χ2v) is 6.52. The molecule has 0 aliphatic carbocycles. The molecule has 0 bridgehead atoms. The first-order valence-electron chi connectivity index (χ1n) is 8.82. The Morgan fingerprint density at radius 2 is 1.70 bits per heavy atom. The third-order valence-corrected chi connectivity index (χ3v) is 4.03. The van der Waals surface area contributed by atoms with Gasteiger partial charge in [0, 0.05) is 12.6 Å². The molecule has 6 heteroatoms. The van der Waals surface area contributed by atoms with Crippen molar-refractivity contribution in [1.29, 1.82) is 0 Å². The first-order chi connectivity index (χ1) is 12.9. The van der Waals surface area contributed by atoms with Crippen molar-refractivity contribution in [3.05, 3.63) is 47.5 Å². The number of benzene rings is 2. The van der Waals surface area contributed by atoms with Gasteiger partial charge in [-0.25, -0.2) is 0 Å². The molecule has 0 radical (unpaired) electrons. The average molecular weight is 372 g/mol. The topological polar surface area (TPSA) is 60.0 Å². The van der Waals surface area contributed by atoms with Gasteiger partial charge in [-0.15, -0.1) is 0 Å². The van der Waals surface area contributed by atoms with Crippen LogP contribution in [-0.4, -0.2) is 51.8 Å². The molecule has 0 aromatic heterocycles. The van der Waals surface area contributed by atoms with Crippen LogP contribution in [0.1, 0.15) is 11.1 Å². The molecule has 146 valence electrons. The second kappa shape index (κ2) is 9.83. The molecule has 27 heavy (non-hydrogen) atoms. The van der Waals surface area contributed by atoms with Crippen molar-refractivity contribution < 1.29 is 19.0 Å². The molecule has 0 atom stereocenters. The standard InChI is InChI=1S/C21H28N2O4/c1-15-10-16(2)12-18(11-15)27-9-8-23(3)14-21(24)22-19-7-6-17(25-4)13-20(19)26-5/h6-7,10-13H,8-9,14H2,1-5H3,(H,22,24). The van der Waals surface area contributed by atoms with Crippen LogP contribution in [0.2, 0.25) is 0 Å². The van der Waals surface area contributed by atoms with Crippen molar-refractivity contribution in [3.63, 3.8) is 0 Å². The summed E-state index contributed by atoms with van der Waals surface area (Å²) in [7, 11) is 5.03. The highest BCUT2D eigenvalue weighted by Gasteiger charge is 2.11. The number of carbonyl (C=O) groups excluding carboxylic acids is 1. The van der Waals surface area contributed by atoms with Gasteiger partial charge in [0.25, 0.3) is 0 Å². The number of likely N-dealkylation sites (N-methyl/N-ethyl adjacent to an activating group) is 1. The van der Waals surface area contributed by atoms with Gasteiger partial charge in [0.1, 0.15) is 23.9 Å². The summed E-state index contributed by atoms with van der Waals surface area (Å²) < 4.78 is 16.3. The van der Waals surface area contributed by atoms with Crippen molar-refractivity contribution in [1.82, 2.24) is 4.90 Å². The van der Waals surface area contributed by atoms with Crippen molar-refractivity contribution in [3.8, 4) is 17.2 Å². The van der Waals surface area contributed by atoms with Gasteiger partial charge in [0.15, 0.2) is 0 Å². The SMILES string of the molecule is COc1ccc(NC(=O)CN(C)CCOc2cc(C)cc(C)c2)c(OC)c1. The van der Waals surface area contributed by atoms with E-state index in [1.54, 1.807) is 32.4 Å². The zero-order chi connectivity index (χ0) is 19.8. The zero-order valence-electron chi connectivity index (χ0n) is 16.7. The summed E-state index contributed by atoms with van der Waals surface area (Å²) >= 11 is 0. The average Bonchev–Trinajstić information content (AvgIpc) is 2.61. The van der Waals surface area contributed by atoms with E-state index in [1.165, 1.54) is 11.1 Å². The summed E-state index contributed by atoms with van der Waals surface area (Å²) in [6, 6.07) is 11.4. The van der Waals surface area contributed by atoms with Gasteiger partial charge in [-0.3, -0.25) is 9.69 Å². The Kier molecular flexibility index (Phi) is 7.49. The zero-order valence-corrected chi connectivity index (χ0v) is 16.7. The van der Waals surface area contributed by atoms with Gasteiger partial charge in [-0.1, -0.05) is 6.07 Å². The molecule has 0 unspecified atom stereocenters. The number of nitrogens with one attached hydrogen (secondary N) is 1. The molecule has 0 aliphatic heterocycles. The Labute approximate surface area is 161 Å². The molecule has 0 aliphatic rings. The minimum absolute atomic E-state index is 0.118. The van der Waals surface area contributed by atoms with E-state index in [2.05, 4.69) is 11.4 Å². The minimum Gasteiger partial charge on any atom is -0.497 e. The summed E-state index contributed by atoms with van der Waals surface area (Å²) in [5.41, 5.74) is 2.96. The molecule has 1 N–H and O–H groups in total. The number of hydrogen-bond acceptors (Lipinski definition) is 5. The molecule has 6 nitrogen and oxygen atoms in total. The highest BCUT2D eigenvalue weighted by atomic mass is 16.5. The maximum atomic E-state index is 12.3. The van der Waals surface area contributed by atoms with E-state index < -0.39 is 0 Å². The van der Waals surface area contributed by atoms with E-state index in [0.29, 0.717) is 30.3 Å².